The Hall–Kier alpha value is -0.940. The lowest BCUT2D eigenvalue weighted by Crippen LogP contribution is -1.97. The van der Waals surface area contributed by atoms with Gasteiger partial charge in [-0.15, -0.1) is 5.10 Å². The largest absolute Gasteiger partial charge is 0.345 e. The Morgan fingerprint density at radius 3 is 2.80 bits per heavy atom. The van der Waals surface area contributed by atoms with Gasteiger partial charge in [0.1, 0.15) is 0 Å². The van der Waals surface area contributed by atoms with Gasteiger partial charge in [-0.2, -0.15) is 0 Å². The summed E-state index contributed by atoms with van der Waals surface area (Å²) in [6.45, 7) is 1.22. The lowest BCUT2D eigenvalue weighted by molar-refractivity contribution is -0.0474. The second-order valence-electron chi connectivity index (χ2n) is 1.90. The van der Waals surface area contributed by atoms with E-state index in [0.717, 1.165) is 0 Å². The molecule has 2 heterocycles. The molecular formula is C5H6N2O3. The maximum atomic E-state index is 5.11. The molecule has 0 radical (unpaired) electrons. The van der Waals surface area contributed by atoms with Crippen LogP contribution in [0.25, 0.3) is 0 Å². The number of nitrogens with zero attached hydrogens (tertiary/aromatic N) is 2. The van der Waals surface area contributed by atoms with E-state index in [4.69, 9.17) is 9.47 Å². The highest BCUT2D eigenvalue weighted by atomic mass is 16.7. The molecule has 0 aliphatic carbocycles. The normalized spacial score (nSPS) is 20.0. The minimum absolute atomic E-state index is 0.369. The van der Waals surface area contributed by atoms with Gasteiger partial charge in [0.05, 0.1) is 13.2 Å². The summed E-state index contributed by atoms with van der Waals surface area (Å²) in [5, 5.41) is 6.91. The van der Waals surface area contributed by atoms with Crippen LogP contribution in [0, 0.1) is 0 Å². The monoisotopic (exact) mass is 142 g/mol. The molecule has 1 aromatic heterocycles. The summed E-state index contributed by atoms with van der Waals surface area (Å²) >= 11 is 0. The summed E-state index contributed by atoms with van der Waals surface area (Å²) in [6, 6.07) is 0. The van der Waals surface area contributed by atoms with Gasteiger partial charge in [-0.05, 0) is 0 Å². The average molecular weight is 142 g/mol. The van der Waals surface area contributed by atoms with E-state index in [0.29, 0.717) is 18.9 Å². The van der Waals surface area contributed by atoms with Gasteiger partial charge >= 0.3 is 0 Å². The third-order valence-corrected chi connectivity index (χ3v) is 1.24. The van der Waals surface area contributed by atoms with Crippen LogP contribution >= 0.6 is 0 Å². The number of hydrogen-bond donors (Lipinski definition) is 0. The van der Waals surface area contributed by atoms with Crippen LogP contribution in [0.1, 0.15) is 12.0 Å². The van der Waals surface area contributed by atoms with E-state index in [1.807, 2.05) is 0 Å². The van der Waals surface area contributed by atoms with Crippen LogP contribution in [0.2, 0.25) is 0 Å². The van der Waals surface area contributed by atoms with Gasteiger partial charge in [-0.1, -0.05) is 0 Å². The minimum Gasteiger partial charge on any atom is -0.345 e. The first-order chi connectivity index (χ1) is 4.97. The smallest absolute Gasteiger partial charge is 0.206 e. The Morgan fingerprint density at radius 1 is 1.40 bits per heavy atom. The summed E-state index contributed by atoms with van der Waals surface area (Å²) in [4.78, 5) is 0. The van der Waals surface area contributed by atoms with Crippen LogP contribution in [0.3, 0.4) is 0 Å². The van der Waals surface area contributed by atoms with Gasteiger partial charge in [0, 0.05) is 5.27 Å². The van der Waals surface area contributed by atoms with E-state index < -0.39 is 0 Å². The fourth-order valence-electron chi connectivity index (χ4n) is 0.804. The number of ether oxygens (including phenoxy) is 2. The van der Waals surface area contributed by atoms with E-state index in [1.165, 1.54) is 6.26 Å². The molecule has 1 aliphatic heterocycles. The molecule has 0 amide bonds. The maximum Gasteiger partial charge on any atom is 0.206 e. The van der Waals surface area contributed by atoms with Gasteiger partial charge in [-0.25, -0.2) is 0 Å². The van der Waals surface area contributed by atoms with Gasteiger partial charge in [0.25, 0.3) is 0 Å². The molecule has 1 aromatic rings. The van der Waals surface area contributed by atoms with Crippen LogP contribution in [0.4, 0.5) is 0 Å². The molecule has 0 spiro atoms. The Morgan fingerprint density at radius 2 is 2.20 bits per heavy atom. The second-order valence-corrected chi connectivity index (χ2v) is 1.90. The van der Waals surface area contributed by atoms with Crippen molar-refractivity contribution in [2.24, 2.45) is 0 Å². The molecule has 0 saturated carbocycles. The Kier molecular flexibility index (Phi) is 1.37. The molecule has 0 aromatic carbocycles. The molecule has 0 bridgehead atoms. The Labute approximate surface area is 56.9 Å². The van der Waals surface area contributed by atoms with Crippen molar-refractivity contribution >= 4 is 0 Å². The van der Waals surface area contributed by atoms with Crippen molar-refractivity contribution in [1.29, 1.82) is 0 Å². The first kappa shape index (κ1) is 5.82. The zero-order chi connectivity index (χ0) is 6.81. The van der Waals surface area contributed by atoms with E-state index in [2.05, 4.69) is 14.9 Å². The third kappa shape index (κ3) is 0.891. The number of hydrogen-bond acceptors (Lipinski definition) is 5. The fourth-order valence-corrected chi connectivity index (χ4v) is 0.804. The molecule has 2 rings (SSSR count). The summed E-state index contributed by atoms with van der Waals surface area (Å²) < 4.78 is 14.7. The highest BCUT2D eigenvalue weighted by Crippen LogP contribution is 2.19. The van der Waals surface area contributed by atoms with Crippen molar-refractivity contribution in [3.8, 4) is 0 Å². The number of aromatic nitrogens is 2. The average Bonchev–Trinajstić information content (AvgIpc) is 2.59. The SMILES string of the molecule is c1onnc1C1OCCO1. The van der Waals surface area contributed by atoms with Crippen LogP contribution < -0.4 is 0 Å². The van der Waals surface area contributed by atoms with Gasteiger partial charge in [-0.3, -0.25) is 0 Å². The van der Waals surface area contributed by atoms with E-state index in [1.54, 1.807) is 0 Å². The lowest BCUT2D eigenvalue weighted by Gasteiger charge is -2.00. The van der Waals surface area contributed by atoms with Crippen molar-refractivity contribution in [1.82, 2.24) is 10.4 Å². The molecule has 1 fully saturated rings. The molecule has 10 heavy (non-hydrogen) atoms. The fraction of sp³-hybridized carbons (Fsp3) is 0.600. The summed E-state index contributed by atoms with van der Waals surface area (Å²) in [6.07, 6.45) is 1.04. The van der Waals surface area contributed by atoms with Crippen molar-refractivity contribution < 1.29 is 14.0 Å². The summed E-state index contributed by atoms with van der Waals surface area (Å²) in [7, 11) is 0. The molecular weight excluding hydrogens is 136 g/mol. The van der Waals surface area contributed by atoms with E-state index in [-0.39, 0.29) is 6.29 Å². The van der Waals surface area contributed by atoms with Gasteiger partial charge in [0.15, 0.2) is 12.0 Å². The molecule has 5 heteroatoms. The molecule has 54 valence electrons. The van der Waals surface area contributed by atoms with Crippen molar-refractivity contribution in [3.63, 3.8) is 0 Å². The van der Waals surface area contributed by atoms with Crippen LogP contribution in [0.15, 0.2) is 10.8 Å². The van der Waals surface area contributed by atoms with Crippen LogP contribution in [-0.4, -0.2) is 23.6 Å². The van der Waals surface area contributed by atoms with Crippen molar-refractivity contribution in [2.75, 3.05) is 13.2 Å². The van der Waals surface area contributed by atoms with Crippen molar-refractivity contribution in [2.45, 2.75) is 6.29 Å². The predicted molar refractivity (Wildman–Crippen MR) is 28.9 cm³/mol. The summed E-state index contributed by atoms with van der Waals surface area (Å²) in [5.41, 5.74) is 0.595. The topological polar surface area (TPSA) is 57.4 Å². The maximum absolute atomic E-state index is 5.11. The predicted octanol–water partition coefficient (Wildman–Crippen LogP) is 0.115. The molecule has 1 aliphatic rings. The molecule has 0 unspecified atom stereocenters. The Balaban J connectivity index is 2.12. The quantitative estimate of drug-likeness (QED) is 0.557. The van der Waals surface area contributed by atoms with Crippen LogP contribution in [-0.2, 0) is 9.47 Å². The van der Waals surface area contributed by atoms with Gasteiger partial charge < -0.3 is 14.0 Å². The highest BCUT2D eigenvalue weighted by Gasteiger charge is 2.20. The van der Waals surface area contributed by atoms with E-state index >= 15 is 0 Å². The minimum atomic E-state index is -0.369. The summed E-state index contributed by atoms with van der Waals surface area (Å²) in [5.74, 6) is 0. The van der Waals surface area contributed by atoms with Crippen molar-refractivity contribution in [3.05, 3.63) is 12.0 Å². The Bertz CT molecular complexity index is 193. The molecule has 0 atom stereocenters. The molecule has 1 saturated heterocycles. The zero-order valence-electron chi connectivity index (χ0n) is 5.19. The number of rotatable bonds is 1. The highest BCUT2D eigenvalue weighted by molar-refractivity contribution is 4.91. The zero-order valence-corrected chi connectivity index (χ0v) is 5.19. The first-order valence-corrected chi connectivity index (χ1v) is 2.97. The lowest BCUT2D eigenvalue weighted by atomic mass is 10.5. The molecule has 5 nitrogen and oxygen atoms in total. The first-order valence-electron chi connectivity index (χ1n) is 2.97. The second kappa shape index (κ2) is 2.36. The third-order valence-electron chi connectivity index (χ3n) is 1.24. The van der Waals surface area contributed by atoms with Crippen LogP contribution in [0.5, 0.6) is 0 Å². The van der Waals surface area contributed by atoms with E-state index in [9.17, 15) is 0 Å². The van der Waals surface area contributed by atoms with Gasteiger partial charge in [0.2, 0.25) is 6.29 Å². The standard InChI is InChI=1S/C5H6N2O3/c1-2-9-5(8-1)4-3-10-7-6-4/h3,5H,1-2H2. The molecule has 0 N–H and O–H groups in total.